The molecule has 1 aliphatic carbocycles. The zero-order valence-electron chi connectivity index (χ0n) is 44.5. The molecule has 0 saturated carbocycles. The van der Waals surface area contributed by atoms with Gasteiger partial charge in [0, 0.05) is 48.2 Å². The molecule has 1 aliphatic rings. The Bertz CT molecular complexity index is 3550. The summed E-state index contributed by atoms with van der Waals surface area (Å²) < 4.78 is 26.0. The first-order chi connectivity index (χ1) is 33.4. The summed E-state index contributed by atoms with van der Waals surface area (Å²) in [5.74, 6) is 0.873. The van der Waals surface area contributed by atoms with E-state index in [0.29, 0.717) is 17.0 Å². The van der Waals surface area contributed by atoms with Crippen LogP contribution < -0.4 is 0 Å². The van der Waals surface area contributed by atoms with E-state index in [4.69, 9.17) is 14.1 Å². The second-order valence-electron chi connectivity index (χ2n) is 22.2. The van der Waals surface area contributed by atoms with Crippen LogP contribution in [0.25, 0.3) is 83.9 Å². The predicted octanol–water partition coefficient (Wildman–Crippen LogP) is 16.8. The Morgan fingerprint density at radius 1 is 0.594 bits per heavy atom. The molecule has 1 N–H and O–H groups in total. The average Bonchev–Trinajstić information content (AvgIpc) is 3.82. The molecule has 2 heterocycles. The molecule has 69 heavy (non-hydrogen) atoms. The van der Waals surface area contributed by atoms with Crippen molar-refractivity contribution in [3.05, 3.63) is 191 Å². The monoisotopic (exact) mass is 1090 g/mol. The number of hydrogen-bond acceptors (Lipinski definition) is 3. The number of rotatable bonds is 6. The second-order valence-corrected chi connectivity index (χ2v) is 22.2. The first kappa shape index (κ1) is 43.9. The Hall–Kier alpha value is -6.35. The molecule has 7 aromatic carbocycles. The first-order valence-electron chi connectivity index (χ1n) is 25.3. The van der Waals surface area contributed by atoms with Gasteiger partial charge in [-0.2, -0.15) is 0 Å². The van der Waals surface area contributed by atoms with Crippen molar-refractivity contribution < 1.29 is 30.3 Å². The fourth-order valence-electron chi connectivity index (χ4n) is 10.2. The average molecular weight is 1090 g/mol. The number of imidazole rings is 1. The number of nitrogens with zero attached hydrogens (tertiary/aromatic N) is 3. The number of benzene rings is 7. The second kappa shape index (κ2) is 17.3. The molecule has 0 radical (unpaired) electrons. The Kier molecular flexibility index (Phi) is 11.0. The predicted molar refractivity (Wildman–Crippen MR) is 285 cm³/mol. The molecule has 4 nitrogen and oxygen atoms in total. The fraction of sp³-hybridized carbons (Fsp3) is 0.250. The normalized spacial score (nSPS) is 14.1. The third-order valence-corrected chi connectivity index (χ3v) is 14.0. The maximum atomic E-state index is 12.7. The maximum Gasteiger partial charge on any atom is 0.148 e. The van der Waals surface area contributed by atoms with Gasteiger partial charge < -0.3 is 5.11 Å². The van der Waals surface area contributed by atoms with E-state index in [9.17, 15) is 5.11 Å². The minimum Gasteiger partial charge on any atom is -0.507 e. The number of aromatic nitrogens is 3. The molecular formula is C64H62N3OPt-. The fourth-order valence-corrected chi connectivity index (χ4v) is 10.2. The maximum absolute atomic E-state index is 12.7. The Labute approximate surface area is 428 Å². The number of aromatic hydroxyl groups is 1. The van der Waals surface area contributed by atoms with Crippen molar-refractivity contribution in [3.63, 3.8) is 0 Å². The minimum atomic E-state index is -2.19. The molecule has 0 amide bonds. The molecule has 0 spiro atoms. The van der Waals surface area contributed by atoms with E-state index >= 15 is 0 Å². The molecule has 0 fully saturated rings. The van der Waals surface area contributed by atoms with Gasteiger partial charge in [0.05, 0.1) is 22.3 Å². The zero-order chi connectivity index (χ0) is 50.6. The molecule has 0 unspecified atom stereocenters. The minimum absolute atomic E-state index is 0. The molecule has 350 valence electrons. The smallest absolute Gasteiger partial charge is 0.148 e. The third-order valence-electron chi connectivity index (χ3n) is 14.0. The molecule has 0 bridgehead atoms. The van der Waals surface area contributed by atoms with Gasteiger partial charge in [0.15, 0.2) is 0 Å². The van der Waals surface area contributed by atoms with Crippen LogP contribution in [0.3, 0.4) is 0 Å². The van der Waals surface area contributed by atoms with E-state index in [1.54, 1.807) is 12.1 Å². The molecule has 9 aromatic rings. The summed E-state index contributed by atoms with van der Waals surface area (Å²) in [5, 5.41) is 12.7. The Morgan fingerprint density at radius 2 is 1.28 bits per heavy atom. The molecule has 0 atom stereocenters. The Balaban J connectivity index is 0.00000640. The van der Waals surface area contributed by atoms with Crippen LogP contribution in [-0.2, 0) is 42.7 Å². The van der Waals surface area contributed by atoms with Crippen molar-refractivity contribution in [3.8, 4) is 78.6 Å². The van der Waals surface area contributed by atoms with Gasteiger partial charge >= 0.3 is 0 Å². The SMILES string of the molecule is [2H]C([2H])([2H])c1ccc(-c2ccnc(-c3[c-]c(-c4cccc5c4nc(-c4cc(C(C)(C)C)cc(C(C)(C)C)c4O)n5-c4ccc(C(C)(C)C)cc4-c4ccccc4)c4c(c3)-c3ccccc3C4(C)C)c2)cc1.[Pt]. The van der Waals surface area contributed by atoms with Crippen molar-refractivity contribution in [2.75, 3.05) is 0 Å². The van der Waals surface area contributed by atoms with Gasteiger partial charge in [0.2, 0.25) is 0 Å². The third kappa shape index (κ3) is 8.39. The first-order valence-corrected chi connectivity index (χ1v) is 23.8. The van der Waals surface area contributed by atoms with Crippen LogP contribution in [0.15, 0.2) is 152 Å². The van der Waals surface area contributed by atoms with Gasteiger partial charge in [-0.3, -0.25) is 9.55 Å². The standard InChI is InChI=1S/C64H62N3O.Pt/c1-39-25-27-40(28-26-39)42-31-32-65-54(35-42)43-33-49-46-21-16-17-23-52(46)64(11,12)57(49)50(34-43)47-22-18-24-56-58(47)66-60(51-37-45(62(5,6)7)38-53(59(51)68)63(8,9)10)67(56)55-30-29-44(61(2,3)4)36-48(55)41-19-14-13-15-20-41;/h13-33,35-38,68H,1-12H3;/q-1;/i1D3;. The van der Waals surface area contributed by atoms with Crippen molar-refractivity contribution in [1.29, 1.82) is 0 Å². The summed E-state index contributed by atoms with van der Waals surface area (Å²) in [7, 11) is 0. The van der Waals surface area contributed by atoms with Gasteiger partial charge in [-0.25, -0.2) is 4.98 Å². The summed E-state index contributed by atoms with van der Waals surface area (Å²) in [6, 6.07) is 54.1. The molecule has 0 aliphatic heterocycles. The van der Waals surface area contributed by atoms with Crippen molar-refractivity contribution in [1.82, 2.24) is 14.5 Å². The van der Waals surface area contributed by atoms with E-state index in [2.05, 4.69) is 202 Å². The van der Waals surface area contributed by atoms with Crippen LogP contribution in [0.2, 0.25) is 0 Å². The molecular weight excluding hydrogens is 1020 g/mol. The number of phenols is 1. The van der Waals surface area contributed by atoms with Crippen LogP contribution in [0, 0.1) is 12.9 Å². The van der Waals surface area contributed by atoms with Crippen molar-refractivity contribution in [2.45, 2.75) is 105 Å². The number of aryl methyl sites for hydroxylation is 1. The van der Waals surface area contributed by atoms with E-state index < -0.39 is 12.3 Å². The molecule has 10 rings (SSSR count). The van der Waals surface area contributed by atoms with Gasteiger partial charge in [-0.15, -0.1) is 17.7 Å². The van der Waals surface area contributed by atoms with Crippen LogP contribution in [0.4, 0.5) is 0 Å². The number of para-hydroxylation sites is 1. The summed E-state index contributed by atoms with van der Waals surface area (Å²) in [6.45, 7) is 22.3. The van der Waals surface area contributed by atoms with Crippen LogP contribution in [0.5, 0.6) is 5.75 Å². The molecule has 0 saturated heterocycles. The number of pyridine rings is 1. The van der Waals surface area contributed by atoms with E-state index in [1.807, 2.05) is 24.4 Å². The van der Waals surface area contributed by atoms with E-state index in [0.717, 1.165) is 83.6 Å². The summed E-state index contributed by atoms with van der Waals surface area (Å²) >= 11 is 0. The quantitative estimate of drug-likeness (QED) is 0.169. The van der Waals surface area contributed by atoms with Crippen molar-refractivity contribution >= 4 is 11.0 Å². The van der Waals surface area contributed by atoms with Crippen LogP contribution in [0.1, 0.15) is 114 Å². The van der Waals surface area contributed by atoms with Gasteiger partial charge in [-0.1, -0.05) is 213 Å². The van der Waals surface area contributed by atoms with Gasteiger partial charge in [-0.05, 0) is 97.8 Å². The summed E-state index contributed by atoms with van der Waals surface area (Å²) in [6.07, 6.45) is 1.81. The van der Waals surface area contributed by atoms with Crippen molar-refractivity contribution in [2.24, 2.45) is 0 Å². The van der Waals surface area contributed by atoms with Crippen LogP contribution in [-0.4, -0.2) is 19.6 Å². The summed E-state index contributed by atoms with van der Waals surface area (Å²) in [5.41, 5.74) is 17.8. The van der Waals surface area contributed by atoms with E-state index in [1.165, 1.54) is 16.7 Å². The molecule has 5 heteroatoms. The van der Waals surface area contributed by atoms with Gasteiger partial charge in [0.1, 0.15) is 11.6 Å². The van der Waals surface area contributed by atoms with Crippen LogP contribution >= 0.6 is 0 Å². The van der Waals surface area contributed by atoms with Gasteiger partial charge in [0.25, 0.3) is 0 Å². The summed E-state index contributed by atoms with van der Waals surface area (Å²) in [4.78, 5) is 10.7. The Morgan fingerprint density at radius 3 is 1.97 bits per heavy atom. The largest absolute Gasteiger partial charge is 0.507 e. The zero-order valence-corrected chi connectivity index (χ0v) is 43.8. The number of phenolic OH excluding ortho intramolecular Hbond substituents is 1. The topological polar surface area (TPSA) is 50.9 Å². The number of fused-ring (bicyclic) bond motifs is 4. The number of hydrogen-bond donors (Lipinski definition) is 1. The molecule has 2 aromatic heterocycles. The van der Waals surface area contributed by atoms with E-state index in [-0.39, 0.29) is 43.1 Å².